The van der Waals surface area contributed by atoms with Crippen molar-refractivity contribution < 1.29 is 13.9 Å². The molecule has 0 saturated carbocycles. The number of hydrogen-bond donors (Lipinski definition) is 0. The lowest BCUT2D eigenvalue weighted by molar-refractivity contribution is 0.101. The largest absolute Gasteiger partial charge is 0.481 e. The molecule has 2 aromatic carbocycles. The number of nitrogens with zero attached hydrogens (tertiary/aromatic N) is 2. The van der Waals surface area contributed by atoms with Crippen LogP contribution in [0.1, 0.15) is 36.2 Å². The zero-order chi connectivity index (χ0) is 16.2. The van der Waals surface area contributed by atoms with Gasteiger partial charge in [-0.2, -0.15) is 0 Å². The van der Waals surface area contributed by atoms with Crippen molar-refractivity contribution in [2.45, 2.75) is 20.0 Å². The first-order valence-electron chi connectivity index (χ1n) is 7.30. The van der Waals surface area contributed by atoms with Crippen LogP contribution >= 0.6 is 0 Å². The quantitative estimate of drug-likeness (QED) is 0.664. The number of carbonyl (C=O) groups is 1. The molecule has 116 valence electrons. The Kier molecular flexibility index (Phi) is 4.19. The van der Waals surface area contributed by atoms with Crippen LogP contribution in [0.5, 0.6) is 5.75 Å². The van der Waals surface area contributed by atoms with E-state index in [9.17, 15) is 4.79 Å². The number of hydrogen-bond acceptors (Lipinski definition) is 5. The Hall–Kier alpha value is -2.95. The third-order valence-corrected chi connectivity index (χ3v) is 3.38. The lowest BCUT2D eigenvalue weighted by Crippen LogP contribution is -2.03. The summed E-state index contributed by atoms with van der Waals surface area (Å²) < 4.78 is 11.4. The number of ether oxygens (including phenoxy) is 1. The molecule has 1 heterocycles. The summed E-state index contributed by atoms with van der Waals surface area (Å²) in [5, 5.41) is 8.08. The van der Waals surface area contributed by atoms with Crippen LogP contribution < -0.4 is 4.74 Å². The second kappa shape index (κ2) is 6.44. The molecule has 0 aliphatic carbocycles. The third kappa shape index (κ3) is 3.45. The number of carbonyl (C=O) groups excluding carboxylic acids is 1. The third-order valence-electron chi connectivity index (χ3n) is 3.38. The highest BCUT2D eigenvalue weighted by Crippen LogP contribution is 2.24. The van der Waals surface area contributed by atoms with E-state index in [2.05, 4.69) is 10.2 Å². The van der Waals surface area contributed by atoms with E-state index < -0.39 is 0 Å². The smallest absolute Gasteiger partial charge is 0.257 e. The zero-order valence-corrected chi connectivity index (χ0v) is 12.9. The van der Waals surface area contributed by atoms with Gasteiger partial charge in [-0.3, -0.25) is 4.79 Å². The van der Waals surface area contributed by atoms with Gasteiger partial charge in [0.2, 0.25) is 5.89 Å². The fourth-order valence-corrected chi connectivity index (χ4v) is 2.12. The Labute approximate surface area is 133 Å². The van der Waals surface area contributed by atoms with Gasteiger partial charge in [0.05, 0.1) is 0 Å². The summed E-state index contributed by atoms with van der Waals surface area (Å²) >= 11 is 0. The van der Waals surface area contributed by atoms with Crippen molar-refractivity contribution in [2.75, 3.05) is 0 Å². The van der Waals surface area contributed by atoms with Gasteiger partial charge in [0.25, 0.3) is 5.89 Å². The zero-order valence-electron chi connectivity index (χ0n) is 12.9. The van der Waals surface area contributed by atoms with Gasteiger partial charge < -0.3 is 9.15 Å². The summed E-state index contributed by atoms with van der Waals surface area (Å²) in [7, 11) is 0. The number of ketones is 1. The molecule has 0 spiro atoms. The van der Waals surface area contributed by atoms with Crippen LogP contribution in [0.4, 0.5) is 0 Å². The van der Waals surface area contributed by atoms with Gasteiger partial charge in [0.1, 0.15) is 5.75 Å². The first-order chi connectivity index (χ1) is 11.1. The molecule has 0 aliphatic heterocycles. The maximum Gasteiger partial charge on any atom is 0.257 e. The van der Waals surface area contributed by atoms with E-state index in [0.29, 0.717) is 23.1 Å². The molecule has 0 fully saturated rings. The highest BCUT2D eigenvalue weighted by Gasteiger charge is 2.16. The molecular weight excluding hydrogens is 292 g/mol. The van der Waals surface area contributed by atoms with Crippen LogP contribution in [0.2, 0.25) is 0 Å². The van der Waals surface area contributed by atoms with Crippen LogP contribution in [-0.4, -0.2) is 16.0 Å². The van der Waals surface area contributed by atoms with Crippen LogP contribution in [0.25, 0.3) is 11.5 Å². The van der Waals surface area contributed by atoms with Crippen molar-refractivity contribution in [1.29, 1.82) is 0 Å². The molecule has 0 saturated heterocycles. The molecule has 0 radical (unpaired) electrons. The van der Waals surface area contributed by atoms with Gasteiger partial charge in [-0.25, -0.2) is 0 Å². The van der Waals surface area contributed by atoms with Gasteiger partial charge in [0.15, 0.2) is 11.9 Å². The summed E-state index contributed by atoms with van der Waals surface area (Å²) in [6, 6.07) is 16.5. The molecule has 3 aromatic rings. The van der Waals surface area contributed by atoms with E-state index in [-0.39, 0.29) is 11.9 Å². The van der Waals surface area contributed by atoms with Crippen molar-refractivity contribution in [3.63, 3.8) is 0 Å². The molecule has 1 atom stereocenters. The molecule has 0 aliphatic rings. The van der Waals surface area contributed by atoms with Crippen LogP contribution in [-0.2, 0) is 0 Å². The van der Waals surface area contributed by atoms with E-state index in [0.717, 1.165) is 5.56 Å². The van der Waals surface area contributed by atoms with Crippen molar-refractivity contribution in [1.82, 2.24) is 10.2 Å². The predicted octanol–water partition coefficient (Wildman–Crippen LogP) is 4.08. The molecule has 5 heteroatoms. The van der Waals surface area contributed by atoms with E-state index in [1.807, 2.05) is 37.3 Å². The Morgan fingerprint density at radius 2 is 1.74 bits per heavy atom. The fourth-order valence-electron chi connectivity index (χ4n) is 2.12. The van der Waals surface area contributed by atoms with E-state index >= 15 is 0 Å². The summed E-state index contributed by atoms with van der Waals surface area (Å²) in [5.41, 5.74) is 1.51. The standard InChI is InChI=1S/C18H16N2O3/c1-12(21)14-8-10-16(11-9-14)22-13(2)17-19-20-18(23-17)15-6-4-3-5-7-15/h3-11,13H,1-2H3. The van der Waals surface area contributed by atoms with E-state index in [4.69, 9.17) is 9.15 Å². The molecule has 1 aromatic heterocycles. The van der Waals surface area contributed by atoms with Crippen molar-refractivity contribution >= 4 is 5.78 Å². The summed E-state index contributed by atoms with van der Waals surface area (Å²) in [4.78, 5) is 11.3. The minimum Gasteiger partial charge on any atom is -0.481 e. The van der Waals surface area contributed by atoms with Crippen LogP contribution in [0.15, 0.2) is 59.0 Å². The molecule has 3 rings (SSSR count). The lowest BCUT2D eigenvalue weighted by atomic mass is 10.1. The van der Waals surface area contributed by atoms with E-state index in [1.54, 1.807) is 24.3 Å². The molecule has 5 nitrogen and oxygen atoms in total. The van der Waals surface area contributed by atoms with Gasteiger partial charge in [-0.05, 0) is 50.2 Å². The summed E-state index contributed by atoms with van der Waals surface area (Å²) in [5.74, 6) is 1.53. The topological polar surface area (TPSA) is 65.2 Å². The van der Waals surface area contributed by atoms with E-state index in [1.165, 1.54) is 6.92 Å². The lowest BCUT2D eigenvalue weighted by Gasteiger charge is -2.11. The monoisotopic (exact) mass is 308 g/mol. The summed E-state index contributed by atoms with van der Waals surface area (Å²) in [6.45, 7) is 3.36. The molecule has 1 unspecified atom stereocenters. The van der Waals surface area contributed by atoms with Crippen molar-refractivity contribution in [3.05, 3.63) is 66.1 Å². The average molecular weight is 308 g/mol. The van der Waals surface area contributed by atoms with Crippen LogP contribution in [0, 0.1) is 0 Å². The van der Waals surface area contributed by atoms with Crippen molar-refractivity contribution in [2.24, 2.45) is 0 Å². The highest BCUT2D eigenvalue weighted by molar-refractivity contribution is 5.94. The maximum absolute atomic E-state index is 11.3. The highest BCUT2D eigenvalue weighted by atomic mass is 16.5. The number of benzene rings is 2. The average Bonchev–Trinajstić information content (AvgIpc) is 3.06. The Balaban J connectivity index is 1.72. The first-order valence-corrected chi connectivity index (χ1v) is 7.30. The van der Waals surface area contributed by atoms with Gasteiger partial charge in [-0.15, -0.1) is 10.2 Å². The molecule has 0 N–H and O–H groups in total. The molecular formula is C18H16N2O3. The molecule has 23 heavy (non-hydrogen) atoms. The number of Topliss-reactive ketones (excluding diaryl/α,β-unsaturated/α-hetero) is 1. The van der Waals surface area contributed by atoms with Gasteiger partial charge in [-0.1, -0.05) is 18.2 Å². The Bertz CT molecular complexity index is 795. The first kappa shape index (κ1) is 15.0. The second-order valence-corrected chi connectivity index (χ2v) is 5.15. The number of aromatic nitrogens is 2. The van der Waals surface area contributed by atoms with Crippen LogP contribution in [0.3, 0.4) is 0 Å². The minimum atomic E-state index is -0.386. The number of rotatable bonds is 5. The Morgan fingerprint density at radius 1 is 1.04 bits per heavy atom. The Morgan fingerprint density at radius 3 is 2.39 bits per heavy atom. The fraction of sp³-hybridized carbons (Fsp3) is 0.167. The SMILES string of the molecule is CC(=O)c1ccc(OC(C)c2nnc(-c3ccccc3)o2)cc1. The minimum absolute atomic E-state index is 0.0222. The molecule has 0 bridgehead atoms. The second-order valence-electron chi connectivity index (χ2n) is 5.15. The van der Waals surface area contributed by atoms with Crippen molar-refractivity contribution in [3.8, 4) is 17.2 Å². The maximum atomic E-state index is 11.3. The van der Waals surface area contributed by atoms with Gasteiger partial charge in [0, 0.05) is 11.1 Å². The normalized spacial score (nSPS) is 11.9. The summed E-state index contributed by atoms with van der Waals surface area (Å²) in [6.07, 6.45) is -0.386. The van der Waals surface area contributed by atoms with Gasteiger partial charge >= 0.3 is 0 Å². The predicted molar refractivity (Wildman–Crippen MR) is 85.2 cm³/mol. The molecule has 0 amide bonds.